The van der Waals surface area contributed by atoms with E-state index in [1.165, 1.54) is 5.56 Å². The standard InChI is InChI=1S/C54H66O6P2/c1-15-24-40(19-5)52(11,12)46-34-44(50(7,8)42(26-17-3)27-18-4)30-32-48(46)59-61-55-36-54(37-56-61)38-57-62(58-39-54)60-49-33-31-45(51(9,10)43-28-22-21-23-29-43)35-47(49)53(13,14)41(20-6)25-16-2/h15-35H,1-3,5-6,36-39H2,4,7-14H3/b27-18-,40-24+,41-25+,42-26+. The summed E-state index contributed by atoms with van der Waals surface area (Å²) >= 11 is 0. The van der Waals surface area contributed by atoms with Gasteiger partial charge in [-0.1, -0.05) is 204 Å². The Morgan fingerprint density at radius 3 is 1.39 bits per heavy atom. The minimum absolute atomic E-state index is 0.255. The topological polar surface area (TPSA) is 55.4 Å². The lowest BCUT2D eigenvalue weighted by atomic mass is 9.72. The van der Waals surface area contributed by atoms with Gasteiger partial charge in [-0.3, -0.25) is 0 Å². The summed E-state index contributed by atoms with van der Waals surface area (Å²) in [5.41, 5.74) is 6.62. The molecule has 6 nitrogen and oxygen atoms in total. The lowest BCUT2D eigenvalue weighted by Crippen LogP contribution is -2.45. The fourth-order valence-electron chi connectivity index (χ4n) is 7.92. The highest BCUT2D eigenvalue weighted by Gasteiger charge is 2.46. The van der Waals surface area contributed by atoms with E-state index in [1.54, 1.807) is 12.2 Å². The fourth-order valence-corrected chi connectivity index (χ4v) is 10.4. The summed E-state index contributed by atoms with van der Waals surface area (Å²) in [5, 5.41) is 0. The zero-order valence-corrected chi connectivity index (χ0v) is 40.1. The molecule has 2 aliphatic heterocycles. The van der Waals surface area contributed by atoms with Crippen LogP contribution >= 0.6 is 17.2 Å². The van der Waals surface area contributed by atoms with Gasteiger partial charge in [-0.05, 0) is 52.5 Å². The van der Waals surface area contributed by atoms with Gasteiger partial charge in [-0.15, -0.1) is 0 Å². The Morgan fingerprint density at radius 1 is 0.548 bits per heavy atom. The van der Waals surface area contributed by atoms with Crippen LogP contribution in [0.25, 0.3) is 0 Å². The minimum Gasteiger partial charge on any atom is -0.426 e. The first-order chi connectivity index (χ1) is 29.4. The van der Waals surface area contributed by atoms with E-state index in [9.17, 15) is 0 Å². The minimum atomic E-state index is -1.72. The van der Waals surface area contributed by atoms with Crippen molar-refractivity contribution in [1.82, 2.24) is 0 Å². The van der Waals surface area contributed by atoms with Crippen molar-refractivity contribution in [3.63, 3.8) is 0 Å². The molecule has 0 radical (unpaired) electrons. The molecule has 0 unspecified atom stereocenters. The first-order valence-corrected chi connectivity index (χ1v) is 23.3. The molecule has 62 heavy (non-hydrogen) atoms. The average Bonchev–Trinajstić information content (AvgIpc) is 3.26. The molecule has 328 valence electrons. The molecule has 0 saturated carbocycles. The summed E-state index contributed by atoms with van der Waals surface area (Å²) in [5.74, 6) is 1.38. The van der Waals surface area contributed by atoms with Crippen LogP contribution < -0.4 is 9.05 Å². The summed E-state index contributed by atoms with van der Waals surface area (Å²) in [6, 6.07) is 23.3. The van der Waals surface area contributed by atoms with Gasteiger partial charge >= 0.3 is 17.2 Å². The smallest absolute Gasteiger partial charge is 0.397 e. The molecule has 1 spiro atoms. The Bertz CT molecular complexity index is 2220. The van der Waals surface area contributed by atoms with Gasteiger partial charge in [0.1, 0.15) is 11.5 Å². The van der Waals surface area contributed by atoms with Crippen molar-refractivity contribution < 1.29 is 27.1 Å². The van der Waals surface area contributed by atoms with Crippen molar-refractivity contribution in [1.29, 1.82) is 0 Å². The van der Waals surface area contributed by atoms with Crippen molar-refractivity contribution in [2.45, 2.75) is 84.0 Å². The molecule has 0 bridgehead atoms. The Hall–Kier alpha value is -4.38. The first kappa shape index (κ1) is 48.6. The molecule has 5 rings (SSSR count). The van der Waals surface area contributed by atoms with Crippen LogP contribution in [0.2, 0.25) is 0 Å². The van der Waals surface area contributed by atoms with E-state index in [2.05, 4.69) is 155 Å². The number of hydrogen-bond donors (Lipinski definition) is 0. The van der Waals surface area contributed by atoms with E-state index < -0.39 is 33.4 Å². The molecule has 2 fully saturated rings. The summed E-state index contributed by atoms with van der Waals surface area (Å²) in [7, 11) is -3.44. The van der Waals surface area contributed by atoms with Crippen LogP contribution in [0.3, 0.4) is 0 Å². The van der Waals surface area contributed by atoms with E-state index in [4.69, 9.17) is 27.1 Å². The lowest BCUT2D eigenvalue weighted by Gasteiger charge is -2.42. The van der Waals surface area contributed by atoms with Crippen molar-refractivity contribution in [3.05, 3.63) is 205 Å². The first-order valence-electron chi connectivity index (χ1n) is 21.1. The Labute approximate surface area is 375 Å². The second-order valence-corrected chi connectivity index (χ2v) is 20.3. The highest BCUT2D eigenvalue weighted by Crippen LogP contribution is 2.55. The summed E-state index contributed by atoms with van der Waals surface area (Å²) < 4.78 is 38.7. The molecule has 0 aliphatic carbocycles. The average molecular weight is 873 g/mol. The molecule has 2 heterocycles. The fraction of sp³-hybridized carbons (Fsp3) is 0.333. The maximum Gasteiger partial charge on any atom is 0.397 e. The van der Waals surface area contributed by atoms with Crippen molar-refractivity contribution in [3.8, 4) is 11.5 Å². The molecule has 0 atom stereocenters. The highest BCUT2D eigenvalue weighted by atomic mass is 31.2. The summed E-state index contributed by atoms with van der Waals surface area (Å²) in [6.07, 6.45) is 19.4. The SMILES string of the molecule is C=C/C=C(\C=C/C)C(C)(C)c1ccc(OP2OCC3(CO2)COP(Oc2ccc(C(C)(C)c4ccccc4)cc2C(C)(C)/C(C=C)=C/C=C)OC3)c(C(C)(C)/C(C=C)=C/C=C)c1. The lowest BCUT2D eigenvalue weighted by molar-refractivity contribution is -0.0673. The molecular weight excluding hydrogens is 807 g/mol. The normalized spacial score (nSPS) is 20.8. The van der Waals surface area contributed by atoms with E-state index in [0.717, 1.165) is 39.0 Å². The molecule has 2 aliphatic rings. The zero-order chi connectivity index (χ0) is 45.3. The van der Waals surface area contributed by atoms with E-state index in [-0.39, 0.29) is 10.8 Å². The molecule has 0 aromatic heterocycles. The van der Waals surface area contributed by atoms with Gasteiger partial charge in [0, 0.05) is 32.8 Å². The van der Waals surface area contributed by atoms with Gasteiger partial charge in [0.25, 0.3) is 0 Å². The van der Waals surface area contributed by atoms with Crippen LogP contribution in [-0.2, 0) is 39.8 Å². The van der Waals surface area contributed by atoms with Gasteiger partial charge < -0.3 is 27.1 Å². The number of allylic oxidation sites excluding steroid dienone is 13. The maximum atomic E-state index is 6.62. The van der Waals surface area contributed by atoms with E-state index in [0.29, 0.717) is 37.9 Å². The van der Waals surface area contributed by atoms with E-state index in [1.807, 2.05) is 55.5 Å². The number of hydrogen-bond acceptors (Lipinski definition) is 6. The third-order valence-electron chi connectivity index (χ3n) is 12.3. The molecular formula is C54H66O6P2. The Kier molecular flexibility index (Phi) is 16.0. The Morgan fingerprint density at radius 2 is 0.968 bits per heavy atom. The zero-order valence-electron chi connectivity index (χ0n) is 38.3. The molecule has 3 aromatic rings. The van der Waals surface area contributed by atoms with Gasteiger partial charge in [0.2, 0.25) is 0 Å². The van der Waals surface area contributed by atoms with Crippen LogP contribution in [0, 0.1) is 5.41 Å². The second kappa shape index (κ2) is 20.4. The predicted octanol–water partition coefficient (Wildman–Crippen LogP) is 15.1. The number of rotatable bonds is 18. The summed E-state index contributed by atoms with van der Waals surface area (Å²) in [4.78, 5) is 0. The van der Waals surface area contributed by atoms with Crippen molar-refractivity contribution >= 4 is 17.2 Å². The molecule has 0 N–H and O–H groups in total. The van der Waals surface area contributed by atoms with Gasteiger partial charge in [-0.25, -0.2) is 0 Å². The molecule has 0 amide bonds. The van der Waals surface area contributed by atoms with E-state index >= 15 is 0 Å². The Balaban J connectivity index is 1.34. The van der Waals surface area contributed by atoms with Gasteiger partial charge in [-0.2, -0.15) is 0 Å². The highest BCUT2D eigenvalue weighted by molar-refractivity contribution is 7.42. The third-order valence-corrected chi connectivity index (χ3v) is 14.4. The van der Waals surface area contributed by atoms with Crippen LogP contribution in [0.1, 0.15) is 90.1 Å². The number of benzene rings is 3. The maximum absolute atomic E-state index is 6.62. The third kappa shape index (κ3) is 10.5. The van der Waals surface area contributed by atoms with Gasteiger partial charge in [0.05, 0.1) is 31.8 Å². The largest absolute Gasteiger partial charge is 0.426 e. The predicted molar refractivity (Wildman–Crippen MR) is 262 cm³/mol. The molecule has 3 aromatic carbocycles. The monoisotopic (exact) mass is 872 g/mol. The molecule has 2 saturated heterocycles. The molecule has 8 heteroatoms. The van der Waals surface area contributed by atoms with Crippen LogP contribution in [0.15, 0.2) is 177 Å². The summed E-state index contributed by atoms with van der Waals surface area (Å²) in [6.45, 7) is 41.1. The van der Waals surface area contributed by atoms with Crippen LogP contribution in [0.5, 0.6) is 11.5 Å². The second-order valence-electron chi connectivity index (χ2n) is 18.0. The quantitative estimate of drug-likeness (QED) is 0.0937. The van der Waals surface area contributed by atoms with Gasteiger partial charge in [0.15, 0.2) is 0 Å². The van der Waals surface area contributed by atoms with Crippen molar-refractivity contribution in [2.24, 2.45) is 5.41 Å². The van der Waals surface area contributed by atoms with Crippen molar-refractivity contribution in [2.75, 3.05) is 26.4 Å². The van der Waals surface area contributed by atoms with Crippen LogP contribution in [0.4, 0.5) is 0 Å². The van der Waals surface area contributed by atoms with Crippen LogP contribution in [-0.4, -0.2) is 26.4 Å².